The van der Waals surface area contributed by atoms with Crippen molar-refractivity contribution in [2.24, 2.45) is 0 Å². The Morgan fingerprint density at radius 3 is 2.37 bits per heavy atom. The molecule has 2 amide bonds. The first-order chi connectivity index (χ1) is 8.90. The average molecular weight is 287 g/mol. The van der Waals surface area contributed by atoms with Crippen molar-refractivity contribution < 1.29 is 24.6 Å². The maximum Gasteiger partial charge on any atom is 0.323 e. The lowest BCUT2D eigenvalue weighted by Gasteiger charge is -2.21. The third-order valence-corrected chi connectivity index (χ3v) is 3.06. The first-order valence-electron chi connectivity index (χ1n) is 5.28. The Bertz CT molecular complexity index is 446. The summed E-state index contributed by atoms with van der Waals surface area (Å²) in [4.78, 5) is 37.7. The van der Waals surface area contributed by atoms with Crippen molar-refractivity contribution in [1.82, 2.24) is 15.2 Å². The quantitative estimate of drug-likeness (QED) is 0.696. The molecule has 0 aliphatic rings. The molecule has 0 spiro atoms. The molecule has 0 fully saturated rings. The van der Waals surface area contributed by atoms with Gasteiger partial charge >= 0.3 is 18.0 Å². The van der Waals surface area contributed by atoms with Gasteiger partial charge in [0.2, 0.25) is 0 Å². The lowest BCUT2D eigenvalue weighted by Crippen LogP contribution is -2.45. The van der Waals surface area contributed by atoms with E-state index in [1.54, 1.807) is 18.5 Å². The molecule has 8 nitrogen and oxygen atoms in total. The van der Waals surface area contributed by atoms with E-state index in [2.05, 4.69) is 10.3 Å². The Kier molecular flexibility index (Phi) is 5.24. The zero-order chi connectivity index (χ0) is 14.4. The molecule has 3 N–H and O–H groups in total. The fourth-order valence-electron chi connectivity index (χ4n) is 1.31. The standard InChI is InChI=1S/C10H13N3O5S/c1-6(9-11-2-3-19-9)12-10(18)13(4-7(14)15)5-8(16)17/h2-3,6H,4-5H2,1H3,(H,12,18)(H,14,15)(H,16,17). The van der Waals surface area contributed by atoms with Crippen LogP contribution in [0.2, 0.25) is 0 Å². The van der Waals surface area contributed by atoms with E-state index in [0.29, 0.717) is 9.91 Å². The average Bonchev–Trinajstić information content (AvgIpc) is 2.79. The van der Waals surface area contributed by atoms with Gasteiger partial charge in [0.1, 0.15) is 18.1 Å². The van der Waals surface area contributed by atoms with Crippen molar-refractivity contribution in [2.75, 3.05) is 13.1 Å². The van der Waals surface area contributed by atoms with Gasteiger partial charge in [0.15, 0.2) is 0 Å². The number of rotatable bonds is 6. The van der Waals surface area contributed by atoms with Gasteiger partial charge in [-0.05, 0) is 6.92 Å². The van der Waals surface area contributed by atoms with Gasteiger partial charge in [-0.25, -0.2) is 9.78 Å². The number of carbonyl (C=O) groups excluding carboxylic acids is 1. The molecule has 0 saturated carbocycles. The van der Waals surface area contributed by atoms with E-state index in [1.165, 1.54) is 11.3 Å². The fourth-order valence-corrected chi connectivity index (χ4v) is 1.96. The Morgan fingerprint density at radius 2 is 1.95 bits per heavy atom. The Hall–Kier alpha value is -2.16. The molecule has 1 heterocycles. The highest BCUT2D eigenvalue weighted by molar-refractivity contribution is 7.09. The number of nitrogens with zero attached hydrogens (tertiary/aromatic N) is 2. The molecule has 1 rings (SSSR count). The third kappa shape index (κ3) is 4.92. The zero-order valence-corrected chi connectivity index (χ0v) is 10.9. The number of carbonyl (C=O) groups is 3. The van der Waals surface area contributed by atoms with E-state index < -0.39 is 37.1 Å². The number of hydrogen-bond acceptors (Lipinski definition) is 5. The van der Waals surface area contributed by atoms with Gasteiger partial charge in [-0.3, -0.25) is 9.59 Å². The van der Waals surface area contributed by atoms with Crippen molar-refractivity contribution in [1.29, 1.82) is 0 Å². The molecule has 19 heavy (non-hydrogen) atoms. The maximum absolute atomic E-state index is 11.8. The molecule has 0 aliphatic heterocycles. The van der Waals surface area contributed by atoms with E-state index in [-0.39, 0.29) is 0 Å². The molecule has 104 valence electrons. The maximum atomic E-state index is 11.8. The van der Waals surface area contributed by atoms with Crippen molar-refractivity contribution in [3.05, 3.63) is 16.6 Å². The second kappa shape index (κ2) is 6.69. The number of hydrogen-bond donors (Lipinski definition) is 3. The van der Waals surface area contributed by atoms with Crippen LogP contribution in [0.3, 0.4) is 0 Å². The lowest BCUT2D eigenvalue weighted by atomic mass is 10.3. The van der Waals surface area contributed by atoms with Gasteiger partial charge in [0, 0.05) is 11.6 Å². The third-order valence-electron chi connectivity index (χ3n) is 2.10. The molecule has 1 aromatic heterocycles. The van der Waals surface area contributed by atoms with Gasteiger partial charge in [0.25, 0.3) is 0 Å². The van der Waals surface area contributed by atoms with Crippen LogP contribution in [0.25, 0.3) is 0 Å². The summed E-state index contributed by atoms with van der Waals surface area (Å²) >= 11 is 1.34. The largest absolute Gasteiger partial charge is 0.480 e. The number of amides is 2. The first kappa shape index (κ1) is 14.9. The normalized spacial score (nSPS) is 11.6. The van der Waals surface area contributed by atoms with Crippen LogP contribution < -0.4 is 5.32 Å². The molecule has 0 saturated heterocycles. The zero-order valence-electron chi connectivity index (χ0n) is 10.1. The van der Waals surface area contributed by atoms with E-state index in [4.69, 9.17) is 10.2 Å². The smallest absolute Gasteiger partial charge is 0.323 e. The first-order valence-corrected chi connectivity index (χ1v) is 6.16. The van der Waals surface area contributed by atoms with Crippen LogP contribution in [0.5, 0.6) is 0 Å². The monoisotopic (exact) mass is 287 g/mol. The van der Waals surface area contributed by atoms with Crippen LogP contribution in [-0.2, 0) is 9.59 Å². The van der Waals surface area contributed by atoms with E-state index in [9.17, 15) is 14.4 Å². The number of carboxylic acid groups (broad SMARTS) is 2. The molecule has 1 atom stereocenters. The highest BCUT2D eigenvalue weighted by atomic mass is 32.1. The summed E-state index contributed by atoms with van der Waals surface area (Å²) in [5, 5.41) is 22.2. The highest BCUT2D eigenvalue weighted by Crippen LogP contribution is 2.14. The fraction of sp³-hybridized carbons (Fsp3) is 0.400. The van der Waals surface area contributed by atoms with Gasteiger partial charge in [-0.2, -0.15) is 0 Å². The molecular weight excluding hydrogens is 274 g/mol. The van der Waals surface area contributed by atoms with Crippen LogP contribution >= 0.6 is 11.3 Å². The topological polar surface area (TPSA) is 120 Å². The minimum atomic E-state index is -1.28. The van der Waals surface area contributed by atoms with Crippen molar-refractivity contribution in [3.63, 3.8) is 0 Å². The molecule has 9 heteroatoms. The van der Waals surface area contributed by atoms with Crippen molar-refractivity contribution >= 4 is 29.3 Å². The van der Waals surface area contributed by atoms with E-state index in [1.807, 2.05) is 0 Å². The molecule has 0 aliphatic carbocycles. The predicted molar refractivity (Wildman–Crippen MR) is 65.9 cm³/mol. The second-order valence-corrected chi connectivity index (χ2v) is 4.61. The van der Waals surface area contributed by atoms with Crippen LogP contribution in [0.4, 0.5) is 4.79 Å². The van der Waals surface area contributed by atoms with Gasteiger partial charge < -0.3 is 20.4 Å². The molecule has 1 unspecified atom stereocenters. The highest BCUT2D eigenvalue weighted by Gasteiger charge is 2.21. The van der Waals surface area contributed by atoms with Crippen molar-refractivity contribution in [2.45, 2.75) is 13.0 Å². The van der Waals surface area contributed by atoms with Crippen molar-refractivity contribution in [3.8, 4) is 0 Å². The number of nitrogens with one attached hydrogen (secondary N) is 1. The number of thiazole rings is 1. The molecule has 0 aromatic carbocycles. The lowest BCUT2D eigenvalue weighted by molar-refractivity contribution is -0.140. The van der Waals surface area contributed by atoms with Crippen LogP contribution in [0.1, 0.15) is 18.0 Å². The Morgan fingerprint density at radius 1 is 1.37 bits per heavy atom. The molecule has 1 aromatic rings. The summed E-state index contributed by atoms with van der Waals surface area (Å²) in [6, 6.07) is -1.18. The van der Waals surface area contributed by atoms with Gasteiger partial charge in [-0.15, -0.1) is 11.3 Å². The number of aromatic nitrogens is 1. The summed E-state index contributed by atoms with van der Waals surface area (Å²) in [6.45, 7) is 0.321. The minimum absolute atomic E-state index is 0.419. The second-order valence-electron chi connectivity index (χ2n) is 3.69. The molecular formula is C10H13N3O5S. The molecule has 0 bridgehead atoms. The summed E-state index contributed by atoms with van der Waals surface area (Å²) in [5.74, 6) is -2.56. The number of aliphatic carboxylic acids is 2. The van der Waals surface area contributed by atoms with Crippen LogP contribution in [0.15, 0.2) is 11.6 Å². The summed E-state index contributed by atoms with van der Waals surface area (Å²) in [5.41, 5.74) is 0. The predicted octanol–water partition coefficient (Wildman–Crippen LogP) is 0.385. The molecule has 0 radical (unpaired) electrons. The Labute approximate surface area is 112 Å². The summed E-state index contributed by atoms with van der Waals surface area (Å²) in [7, 11) is 0. The summed E-state index contributed by atoms with van der Waals surface area (Å²) in [6.07, 6.45) is 1.58. The minimum Gasteiger partial charge on any atom is -0.480 e. The van der Waals surface area contributed by atoms with E-state index in [0.717, 1.165) is 0 Å². The van der Waals surface area contributed by atoms with Crippen LogP contribution in [0, 0.1) is 0 Å². The van der Waals surface area contributed by atoms with Gasteiger partial charge in [0.05, 0.1) is 6.04 Å². The number of urea groups is 1. The van der Waals surface area contributed by atoms with Crippen LogP contribution in [-0.4, -0.2) is 51.2 Å². The summed E-state index contributed by atoms with van der Waals surface area (Å²) < 4.78 is 0. The Balaban J connectivity index is 2.65. The SMILES string of the molecule is CC(NC(=O)N(CC(=O)O)CC(=O)O)c1nccs1. The van der Waals surface area contributed by atoms with Gasteiger partial charge in [-0.1, -0.05) is 0 Å². The number of carboxylic acids is 2. The van der Waals surface area contributed by atoms with E-state index >= 15 is 0 Å².